The Hall–Kier alpha value is -3.18. The minimum absolute atomic E-state index is 0.134. The molecule has 1 heterocycles. The fourth-order valence-corrected chi connectivity index (χ4v) is 2.91. The van der Waals surface area contributed by atoms with Gasteiger partial charge in [-0.05, 0) is 35.7 Å². The highest BCUT2D eigenvalue weighted by Crippen LogP contribution is 2.18. The Morgan fingerprint density at radius 1 is 1.04 bits per heavy atom. The van der Waals surface area contributed by atoms with Crippen LogP contribution in [-0.4, -0.2) is 28.3 Å². The van der Waals surface area contributed by atoms with E-state index < -0.39 is 5.97 Å². The molecular weight excluding hydrogens is 350 g/mol. The monoisotopic (exact) mass is 375 g/mol. The van der Waals surface area contributed by atoms with Crippen LogP contribution in [0.3, 0.4) is 0 Å². The quantitative estimate of drug-likeness (QED) is 0.386. The Balaban J connectivity index is 1.55. The summed E-state index contributed by atoms with van der Waals surface area (Å²) in [5.41, 5.74) is 6.55. The van der Waals surface area contributed by atoms with Gasteiger partial charge in [-0.25, -0.2) is 0 Å². The zero-order chi connectivity index (χ0) is 19.8. The van der Waals surface area contributed by atoms with E-state index in [1.807, 2.05) is 37.3 Å². The number of benzene rings is 2. The number of rotatable bonds is 9. The summed E-state index contributed by atoms with van der Waals surface area (Å²) in [7, 11) is 0. The van der Waals surface area contributed by atoms with Crippen molar-refractivity contribution >= 4 is 11.7 Å². The van der Waals surface area contributed by atoms with Gasteiger partial charge in [-0.1, -0.05) is 54.6 Å². The van der Waals surface area contributed by atoms with Gasteiger partial charge in [0, 0.05) is 30.2 Å². The average Bonchev–Trinajstić information content (AvgIpc) is 3.19. The van der Waals surface area contributed by atoms with Crippen LogP contribution in [-0.2, 0) is 17.9 Å². The van der Waals surface area contributed by atoms with E-state index in [2.05, 4.69) is 46.7 Å². The third-order valence-electron chi connectivity index (χ3n) is 4.53. The molecule has 0 unspecified atom stereocenters. The molecule has 0 radical (unpaired) electrons. The van der Waals surface area contributed by atoms with Crippen molar-refractivity contribution in [2.24, 2.45) is 4.99 Å². The molecule has 0 aliphatic heterocycles. The Bertz CT molecular complexity index is 928. The van der Waals surface area contributed by atoms with E-state index in [4.69, 9.17) is 10.1 Å². The fourth-order valence-electron chi connectivity index (χ4n) is 2.91. The molecule has 0 saturated heterocycles. The molecule has 5 heteroatoms. The average molecular weight is 375 g/mol. The van der Waals surface area contributed by atoms with Gasteiger partial charge in [0.1, 0.15) is 0 Å². The summed E-state index contributed by atoms with van der Waals surface area (Å²) >= 11 is 0. The number of nitrogens with zero attached hydrogens (tertiary/aromatic N) is 1. The van der Waals surface area contributed by atoms with Crippen LogP contribution in [0.1, 0.15) is 30.2 Å². The van der Waals surface area contributed by atoms with E-state index in [9.17, 15) is 4.79 Å². The van der Waals surface area contributed by atoms with Crippen molar-refractivity contribution in [1.29, 1.82) is 0 Å². The SMILES string of the molecule is CC(=NCc1ccc(-c2ccccc2)[nH]1)c1ccc(CNCCC(=O)O)cc1. The lowest BCUT2D eigenvalue weighted by Gasteiger charge is -2.06. The zero-order valence-electron chi connectivity index (χ0n) is 16.0. The van der Waals surface area contributed by atoms with Gasteiger partial charge in [-0.3, -0.25) is 9.79 Å². The number of aliphatic imine (C=N–C) groups is 1. The molecule has 0 spiro atoms. The molecule has 3 rings (SSSR count). The van der Waals surface area contributed by atoms with Crippen molar-refractivity contribution in [2.45, 2.75) is 26.4 Å². The van der Waals surface area contributed by atoms with Crippen molar-refractivity contribution in [3.8, 4) is 11.3 Å². The van der Waals surface area contributed by atoms with Crippen LogP contribution in [0.25, 0.3) is 11.3 Å². The van der Waals surface area contributed by atoms with Crippen LogP contribution in [0.2, 0.25) is 0 Å². The number of nitrogens with one attached hydrogen (secondary N) is 2. The van der Waals surface area contributed by atoms with Gasteiger partial charge in [0.15, 0.2) is 0 Å². The number of H-pyrrole nitrogens is 1. The van der Waals surface area contributed by atoms with Gasteiger partial charge >= 0.3 is 5.97 Å². The number of aliphatic carboxylic acids is 1. The van der Waals surface area contributed by atoms with E-state index in [0.29, 0.717) is 19.6 Å². The van der Waals surface area contributed by atoms with E-state index in [1.165, 1.54) is 5.56 Å². The highest BCUT2D eigenvalue weighted by molar-refractivity contribution is 5.98. The van der Waals surface area contributed by atoms with Gasteiger partial charge in [-0.15, -0.1) is 0 Å². The number of carboxylic acids is 1. The molecule has 0 atom stereocenters. The van der Waals surface area contributed by atoms with Gasteiger partial charge in [0.2, 0.25) is 0 Å². The second kappa shape index (κ2) is 9.67. The fraction of sp³-hybridized carbons (Fsp3) is 0.217. The summed E-state index contributed by atoms with van der Waals surface area (Å²) in [6.07, 6.45) is 0.134. The number of aromatic nitrogens is 1. The molecule has 3 aromatic rings. The number of carbonyl (C=O) groups is 1. The molecule has 0 bridgehead atoms. The molecule has 144 valence electrons. The molecule has 0 fully saturated rings. The minimum Gasteiger partial charge on any atom is -0.481 e. The molecule has 3 N–H and O–H groups in total. The standard InChI is InChI=1S/C23H25N3O2/c1-17(19-9-7-18(8-10-19)15-24-14-13-23(27)28)25-16-21-11-12-22(26-21)20-5-3-2-4-6-20/h2-12,24,26H,13-16H2,1H3,(H,27,28). The summed E-state index contributed by atoms with van der Waals surface area (Å²) in [5, 5.41) is 11.8. The summed E-state index contributed by atoms with van der Waals surface area (Å²) in [4.78, 5) is 18.6. The Morgan fingerprint density at radius 2 is 1.79 bits per heavy atom. The first-order valence-corrected chi connectivity index (χ1v) is 9.38. The number of hydrogen-bond donors (Lipinski definition) is 3. The van der Waals surface area contributed by atoms with Crippen molar-refractivity contribution < 1.29 is 9.90 Å². The Kier molecular flexibility index (Phi) is 6.76. The van der Waals surface area contributed by atoms with Crippen molar-refractivity contribution in [1.82, 2.24) is 10.3 Å². The highest BCUT2D eigenvalue weighted by Gasteiger charge is 2.03. The molecule has 0 aliphatic rings. The predicted molar refractivity (Wildman–Crippen MR) is 113 cm³/mol. The lowest BCUT2D eigenvalue weighted by atomic mass is 10.1. The highest BCUT2D eigenvalue weighted by atomic mass is 16.4. The molecule has 1 aromatic heterocycles. The third kappa shape index (κ3) is 5.66. The second-order valence-corrected chi connectivity index (χ2v) is 6.68. The summed E-state index contributed by atoms with van der Waals surface area (Å²) in [5.74, 6) is -0.785. The van der Waals surface area contributed by atoms with Crippen molar-refractivity contribution in [2.75, 3.05) is 6.54 Å². The minimum atomic E-state index is -0.785. The number of aromatic amines is 1. The second-order valence-electron chi connectivity index (χ2n) is 6.68. The smallest absolute Gasteiger partial charge is 0.304 e. The van der Waals surface area contributed by atoms with E-state index in [1.54, 1.807) is 0 Å². The first kappa shape index (κ1) is 19.6. The van der Waals surface area contributed by atoms with Crippen LogP contribution in [0, 0.1) is 0 Å². The maximum absolute atomic E-state index is 10.5. The normalized spacial score (nSPS) is 11.5. The van der Waals surface area contributed by atoms with Crippen LogP contribution < -0.4 is 5.32 Å². The van der Waals surface area contributed by atoms with E-state index in [0.717, 1.165) is 28.2 Å². The molecule has 0 amide bonds. The number of hydrogen-bond acceptors (Lipinski definition) is 3. The van der Waals surface area contributed by atoms with Crippen LogP contribution in [0.15, 0.2) is 71.7 Å². The maximum atomic E-state index is 10.5. The molecule has 5 nitrogen and oxygen atoms in total. The van der Waals surface area contributed by atoms with Crippen LogP contribution >= 0.6 is 0 Å². The summed E-state index contributed by atoms with van der Waals surface area (Å²) in [6, 6.07) is 22.6. The van der Waals surface area contributed by atoms with Crippen molar-refractivity contribution in [3.05, 3.63) is 83.6 Å². The molecule has 0 saturated carbocycles. The Morgan fingerprint density at radius 3 is 2.50 bits per heavy atom. The lowest BCUT2D eigenvalue weighted by molar-refractivity contribution is -0.136. The number of carboxylic acid groups (broad SMARTS) is 1. The summed E-state index contributed by atoms with van der Waals surface area (Å²) < 4.78 is 0. The predicted octanol–water partition coefficient (Wildman–Crippen LogP) is 4.26. The molecule has 0 aliphatic carbocycles. The van der Waals surface area contributed by atoms with E-state index in [-0.39, 0.29) is 6.42 Å². The Labute approximate surface area is 165 Å². The van der Waals surface area contributed by atoms with Crippen LogP contribution in [0.5, 0.6) is 0 Å². The first-order valence-electron chi connectivity index (χ1n) is 9.38. The summed E-state index contributed by atoms with van der Waals surface area (Å²) in [6.45, 7) is 3.76. The first-order chi connectivity index (χ1) is 13.6. The van der Waals surface area contributed by atoms with Gasteiger partial charge < -0.3 is 15.4 Å². The lowest BCUT2D eigenvalue weighted by Crippen LogP contribution is -2.17. The largest absolute Gasteiger partial charge is 0.481 e. The molecular formula is C23H25N3O2. The maximum Gasteiger partial charge on any atom is 0.304 e. The van der Waals surface area contributed by atoms with Gasteiger partial charge in [-0.2, -0.15) is 0 Å². The third-order valence-corrected chi connectivity index (χ3v) is 4.53. The van der Waals surface area contributed by atoms with E-state index >= 15 is 0 Å². The molecule has 28 heavy (non-hydrogen) atoms. The molecule has 2 aromatic carbocycles. The topological polar surface area (TPSA) is 77.5 Å². The van der Waals surface area contributed by atoms with Gasteiger partial charge in [0.05, 0.1) is 13.0 Å². The van der Waals surface area contributed by atoms with Crippen molar-refractivity contribution in [3.63, 3.8) is 0 Å². The zero-order valence-corrected chi connectivity index (χ0v) is 16.0. The van der Waals surface area contributed by atoms with Crippen LogP contribution in [0.4, 0.5) is 0 Å². The van der Waals surface area contributed by atoms with Gasteiger partial charge in [0.25, 0.3) is 0 Å².